The summed E-state index contributed by atoms with van der Waals surface area (Å²) in [6.45, 7) is 3.89. The van der Waals surface area contributed by atoms with Gasteiger partial charge in [0.25, 0.3) is 5.91 Å². The van der Waals surface area contributed by atoms with Crippen LogP contribution in [0.3, 0.4) is 0 Å². The van der Waals surface area contributed by atoms with Gasteiger partial charge in [-0.05, 0) is 36.8 Å². The lowest BCUT2D eigenvalue weighted by Gasteiger charge is -2.29. The first-order valence-corrected chi connectivity index (χ1v) is 12.5. The van der Waals surface area contributed by atoms with Crippen LogP contribution in [-0.4, -0.2) is 33.2 Å². The molecule has 4 aromatic rings. The summed E-state index contributed by atoms with van der Waals surface area (Å²) < 4.78 is 1.89. The van der Waals surface area contributed by atoms with Gasteiger partial charge in [-0.3, -0.25) is 9.48 Å². The Bertz CT molecular complexity index is 1380. The molecule has 5 rings (SSSR count). The molecule has 1 N–H and O–H groups in total. The summed E-state index contributed by atoms with van der Waals surface area (Å²) in [6.07, 6.45) is 0.717. The second-order valence-electron chi connectivity index (χ2n) is 9.40. The fourth-order valence-corrected chi connectivity index (χ4v) is 4.75. The number of hydrogen-bond donors (Lipinski definition) is 1. The molecule has 3 amide bonds. The molecule has 0 saturated heterocycles. The van der Waals surface area contributed by atoms with E-state index in [4.69, 9.17) is 5.10 Å². The molecule has 0 atom stereocenters. The van der Waals surface area contributed by atoms with Crippen LogP contribution in [0.2, 0.25) is 0 Å². The number of rotatable bonds is 6. The number of benzene rings is 3. The van der Waals surface area contributed by atoms with E-state index in [2.05, 4.69) is 5.32 Å². The van der Waals surface area contributed by atoms with E-state index in [0.717, 1.165) is 40.2 Å². The second kappa shape index (κ2) is 10.7. The van der Waals surface area contributed by atoms with Crippen molar-refractivity contribution in [3.63, 3.8) is 0 Å². The number of urea groups is 1. The molecule has 1 aliphatic heterocycles. The molecule has 0 fully saturated rings. The van der Waals surface area contributed by atoms with Crippen molar-refractivity contribution < 1.29 is 9.59 Å². The van der Waals surface area contributed by atoms with E-state index in [0.29, 0.717) is 31.7 Å². The molecular weight excluding hydrogens is 462 g/mol. The number of aromatic nitrogens is 2. The average Bonchev–Trinajstić information content (AvgIpc) is 3.25. The van der Waals surface area contributed by atoms with E-state index in [1.807, 2.05) is 108 Å². The highest BCUT2D eigenvalue weighted by Crippen LogP contribution is 2.26. The molecular formula is C30H31N5O2. The number of carbonyl (C=O) groups excluding carboxylic acids is 2. The number of anilines is 1. The van der Waals surface area contributed by atoms with Gasteiger partial charge in [-0.2, -0.15) is 5.10 Å². The number of amides is 3. The molecule has 1 aromatic heterocycles. The summed E-state index contributed by atoms with van der Waals surface area (Å²) >= 11 is 0. The fourth-order valence-electron chi connectivity index (χ4n) is 4.75. The van der Waals surface area contributed by atoms with Crippen LogP contribution in [0.1, 0.15) is 38.4 Å². The molecule has 188 valence electrons. The molecule has 3 aromatic carbocycles. The van der Waals surface area contributed by atoms with E-state index in [1.165, 1.54) is 0 Å². The summed E-state index contributed by atoms with van der Waals surface area (Å²) in [4.78, 5) is 30.2. The lowest BCUT2D eigenvalue weighted by molar-refractivity contribution is 0.0984. The zero-order chi connectivity index (χ0) is 25.8. The van der Waals surface area contributed by atoms with Gasteiger partial charge in [0.2, 0.25) is 0 Å². The fraction of sp³-hybridized carbons (Fsp3) is 0.233. The highest BCUT2D eigenvalue weighted by molar-refractivity contribution is 6.06. The molecule has 0 unspecified atom stereocenters. The summed E-state index contributed by atoms with van der Waals surface area (Å²) in [6, 6.07) is 27.1. The number of para-hydroxylation sites is 1. The van der Waals surface area contributed by atoms with Crippen LogP contribution in [0.5, 0.6) is 0 Å². The van der Waals surface area contributed by atoms with E-state index in [1.54, 1.807) is 4.90 Å². The van der Waals surface area contributed by atoms with Crippen LogP contribution in [0.4, 0.5) is 10.5 Å². The molecule has 2 heterocycles. The van der Waals surface area contributed by atoms with Crippen molar-refractivity contribution in [2.75, 3.05) is 11.4 Å². The largest absolute Gasteiger partial charge is 0.334 e. The first-order chi connectivity index (χ1) is 18.0. The third-order valence-corrected chi connectivity index (χ3v) is 6.82. The highest BCUT2D eigenvalue weighted by atomic mass is 16.2. The molecule has 0 bridgehead atoms. The Hall–Kier alpha value is -4.39. The highest BCUT2D eigenvalue weighted by Gasteiger charge is 2.29. The number of nitrogens with zero attached hydrogens (tertiary/aromatic N) is 4. The van der Waals surface area contributed by atoms with Crippen molar-refractivity contribution in [3.8, 4) is 0 Å². The van der Waals surface area contributed by atoms with Gasteiger partial charge in [-0.15, -0.1) is 0 Å². The van der Waals surface area contributed by atoms with E-state index in [-0.39, 0.29) is 11.9 Å². The maximum Gasteiger partial charge on any atom is 0.317 e. The summed E-state index contributed by atoms with van der Waals surface area (Å²) in [7, 11) is 1.93. The van der Waals surface area contributed by atoms with Crippen LogP contribution in [0.25, 0.3) is 0 Å². The molecule has 0 radical (unpaired) electrons. The van der Waals surface area contributed by atoms with Gasteiger partial charge in [0.1, 0.15) is 0 Å². The SMILES string of the molecule is Cc1ccc(C(=O)N(Cc2nn(C)c3c2CN(C(=O)NCc2ccccc2)CC3)c2ccccc2)cc1. The quantitative estimate of drug-likeness (QED) is 0.418. The van der Waals surface area contributed by atoms with Crippen molar-refractivity contribution >= 4 is 17.6 Å². The lowest BCUT2D eigenvalue weighted by atomic mass is 10.0. The normalized spacial score (nSPS) is 12.6. The van der Waals surface area contributed by atoms with Gasteiger partial charge in [0.05, 0.1) is 18.8 Å². The molecule has 7 nitrogen and oxygen atoms in total. The van der Waals surface area contributed by atoms with Gasteiger partial charge < -0.3 is 15.1 Å². The predicted octanol–water partition coefficient (Wildman–Crippen LogP) is 4.84. The minimum absolute atomic E-state index is 0.0844. The van der Waals surface area contributed by atoms with Gasteiger partial charge in [-0.1, -0.05) is 66.2 Å². The Morgan fingerprint density at radius 1 is 0.946 bits per heavy atom. The zero-order valence-electron chi connectivity index (χ0n) is 21.2. The predicted molar refractivity (Wildman–Crippen MR) is 144 cm³/mol. The minimum Gasteiger partial charge on any atom is -0.334 e. The molecule has 37 heavy (non-hydrogen) atoms. The Kier molecular flexibility index (Phi) is 7.03. The molecule has 1 aliphatic rings. The topological polar surface area (TPSA) is 70.5 Å². The number of aryl methyl sites for hydroxylation is 2. The minimum atomic E-state index is -0.0973. The van der Waals surface area contributed by atoms with Crippen molar-refractivity contribution in [1.82, 2.24) is 20.0 Å². The van der Waals surface area contributed by atoms with Gasteiger partial charge >= 0.3 is 6.03 Å². The van der Waals surface area contributed by atoms with E-state index in [9.17, 15) is 9.59 Å². The lowest BCUT2D eigenvalue weighted by Crippen LogP contribution is -2.43. The van der Waals surface area contributed by atoms with Crippen molar-refractivity contribution in [3.05, 3.63) is 119 Å². The van der Waals surface area contributed by atoms with Gasteiger partial charge in [0, 0.05) is 49.1 Å². The van der Waals surface area contributed by atoms with Gasteiger partial charge in [0.15, 0.2) is 0 Å². The Morgan fingerprint density at radius 3 is 2.32 bits per heavy atom. The monoisotopic (exact) mass is 493 g/mol. The van der Waals surface area contributed by atoms with Crippen LogP contribution >= 0.6 is 0 Å². The third-order valence-electron chi connectivity index (χ3n) is 6.82. The number of nitrogens with one attached hydrogen (secondary N) is 1. The number of hydrogen-bond acceptors (Lipinski definition) is 3. The van der Waals surface area contributed by atoms with Crippen LogP contribution < -0.4 is 10.2 Å². The van der Waals surface area contributed by atoms with Crippen molar-refractivity contribution in [2.45, 2.75) is 33.0 Å². The second-order valence-corrected chi connectivity index (χ2v) is 9.40. The Labute approximate surface area is 217 Å². The van der Waals surface area contributed by atoms with E-state index >= 15 is 0 Å². The van der Waals surface area contributed by atoms with Crippen LogP contribution in [0, 0.1) is 6.92 Å². The van der Waals surface area contributed by atoms with Crippen LogP contribution in [-0.2, 0) is 33.1 Å². The molecule has 7 heteroatoms. The third kappa shape index (κ3) is 5.40. The van der Waals surface area contributed by atoms with Crippen LogP contribution in [0.15, 0.2) is 84.9 Å². The Balaban J connectivity index is 1.38. The maximum atomic E-state index is 13.6. The molecule has 0 saturated carbocycles. The summed E-state index contributed by atoms with van der Waals surface area (Å²) in [5.41, 5.74) is 6.53. The maximum absolute atomic E-state index is 13.6. The molecule has 0 spiro atoms. The first kappa shape index (κ1) is 24.3. The molecule has 0 aliphatic carbocycles. The van der Waals surface area contributed by atoms with Gasteiger partial charge in [-0.25, -0.2) is 4.79 Å². The summed E-state index contributed by atoms with van der Waals surface area (Å²) in [5.74, 6) is -0.0844. The Morgan fingerprint density at radius 2 is 1.62 bits per heavy atom. The van der Waals surface area contributed by atoms with Crippen molar-refractivity contribution in [2.24, 2.45) is 7.05 Å². The zero-order valence-corrected chi connectivity index (χ0v) is 21.2. The number of carbonyl (C=O) groups is 2. The first-order valence-electron chi connectivity index (χ1n) is 12.5. The van der Waals surface area contributed by atoms with Crippen molar-refractivity contribution in [1.29, 1.82) is 0 Å². The number of fused-ring (bicyclic) bond motifs is 1. The van der Waals surface area contributed by atoms with E-state index < -0.39 is 0 Å². The summed E-state index contributed by atoms with van der Waals surface area (Å²) in [5, 5.41) is 7.83. The average molecular weight is 494 g/mol. The standard InChI is InChI=1S/C30H31N5O2/c1-22-13-15-24(16-14-22)29(36)35(25-11-7-4-8-12-25)21-27-26-20-34(18-17-28(26)33(2)32-27)30(37)31-19-23-9-5-3-6-10-23/h3-16H,17-21H2,1-2H3,(H,31,37). The smallest absolute Gasteiger partial charge is 0.317 e.